The predicted octanol–water partition coefficient (Wildman–Crippen LogP) is 3.38. The van der Waals surface area contributed by atoms with Crippen LogP contribution in [0.3, 0.4) is 0 Å². The van der Waals surface area contributed by atoms with Crippen LogP contribution in [0.25, 0.3) is 0 Å². The van der Waals surface area contributed by atoms with Crippen molar-refractivity contribution < 1.29 is 5.11 Å². The SMILES string of the molecule is CC(C)C(CO)C(c1cc(Br)cs1)N(C)C. The lowest BCUT2D eigenvalue weighted by atomic mass is 9.87. The summed E-state index contributed by atoms with van der Waals surface area (Å²) in [4.78, 5) is 3.50. The minimum Gasteiger partial charge on any atom is -0.396 e. The summed E-state index contributed by atoms with van der Waals surface area (Å²) in [7, 11) is 4.15. The normalized spacial score (nSPS) is 15.8. The Morgan fingerprint density at radius 2 is 2.06 bits per heavy atom. The molecule has 4 heteroatoms. The highest BCUT2D eigenvalue weighted by Crippen LogP contribution is 2.36. The molecule has 0 radical (unpaired) electrons. The fourth-order valence-electron chi connectivity index (χ4n) is 2.01. The van der Waals surface area contributed by atoms with Crippen molar-refractivity contribution in [2.45, 2.75) is 19.9 Å². The second-order valence-corrected chi connectivity index (χ2v) is 6.52. The van der Waals surface area contributed by atoms with Crippen LogP contribution < -0.4 is 0 Å². The average Bonchev–Trinajstić information content (AvgIpc) is 2.59. The molecule has 0 bridgehead atoms. The van der Waals surface area contributed by atoms with Crippen molar-refractivity contribution in [1.82, 2.24) is 4.90 Å². The number of halogens is 1. The van der Waals surface area contributed by atoms with Crippen molar-refractivity contribution in [1.29, 1.82) is 0 Å². The van der Waals surface area contributed by atoms with Crippen LogP contribution in [0.1, 0.15) is 24.8 Å². The van der Waals surface area contributed by atoms with Gasteiger partial charge in [0.05, 0.1) is 0 Å². The average molecular weight is 306 g/mol. The van der Waals surface area contributed by atoms with Crippen molar-refractivity contribution in [2.75, 3.05) is 20.7 Å². The second kappa shape index (κ2) is 6.15. The molecule has 2 unspecified atom stereocenters. The van der Waals surface area contributed by atoms with Gasteiger partial charge < -0.3 is 10.0 Å². The lowest BCUT2D eigenvalue weighted by molar-refractivity contribution is 0.102. The van der Waals surface area contributed by atoms with E-state index in [9.17, 15) is 5.11 Å². The van der Waals surface area contributed by atoms with E-state index < -0.39 is 0 Å². The van der Waals surface area contributed by atoms with E-state index in [1.165, 1.54) is 4.88 Å². The highest BCUT2D eigenvalue weighted by Gasteiger charge is 2.28. The summed E-state index contributed by atoms with van der Waals surface area (Å²) < 4.78 is 1.12. The van der Waals surface area contributed by atoms with Crippen molar-refractivity contribution in [2.24, 2.45) is 11.8 Å². The Hall–Kier alpha value is 0.1000. The highest BCUT2D eigenvalue weighted by atomic mass is 79.9. The summed E-state index contributed by atoms with van der Waals surface area (Å²) in [6.45, 7) is 4.57. The Labute approximate surface area is 110 Å². The topological polar surface area (TPSA) is 23.5 Å². The van der Waals surface area contributed by atoms with Gasteiger partial charge in [0, 0.05) is 33.3 Å². The number of aliphatic hydroxyl groups excluding tert-OH is 1. The molecule has 2 atom stereocenters. The van der Waals surface area contributed by atoms with Crippen molar-refractivity contribution >= 4 is 27.3 Å². The molecule has 1 aromatic heterocycles. The number of thiophene rings is 1. The standard InChI is InChI=1S/C12H20BrNOS/c1-8(2)10(6-15)12(14(3)4)11-5-9(13)7-16-11/h5,7-8,10,12,15H,6H2,1-4H3. The largest absolute Gasteiger partial charge is 0.396 e. The van der Waals surface area contributed by atoms with Gasteiger partial charge in [0.15, 0.2) is 0 Å². The number of aliphatic hydroxyl groups is 1. The molecular formula is C12H20BrNOS. The van der Waals surface area contributed by atoms with Gasteiger partial charge in [-0.15, -0.1) is 11.3 Å². The first kappa shape index (κ1) is 14.2. The third kappa shape index (κ3) is 3.29. The molecule has 0 aliphatic heterocycles. The molecule has 2 nitrogen and oxygen atoms in total. The molecule has 1 N–H and O–H groups in total. The molecular weight excluding hydrogens is 286 g/mol. The predicted molar refractivity (Wildman–Crippen MR) is 73.9 cm³/mol. The Morgan fingerprint density at radius 3 is 2.38 bits per heavy atom. The van der Waals surface area contributed by atoms with E-state index in [-0.39, 0.29) is 12.5 Å². The first-order valence-electron chi connectivity index (χ1n) is 5.48. The van der Waals surface area contributed by atoms with E-state index >= 15 is 0 Å². The van der Waals surface area contributed by atoms with Crippen molar-refractivity contribution in [3.63, 3.8) is 0 Å². The Kier molecular flexibility index (Phi) is 5.44. The molecule has 0 saturated carbocycles. The maximum absolute atomic E-state index is 9.55. The lowest BCUT2D eigenvalue weighted by Gasteiger charge is -2.33. The summed E-state index contributed by atoms with van der Waals surface area (Å²) in [6.07, 6.45) is 0. The third-order valence-electron chi connectivity index (χ3n) is 2.91. The van der Waals surface area contributed by atoms with E-state index in [1.807, 2.05) is 0 Å². The summed E-state index contributed by atoms with van der Waals surface area (Å²) in [5.41, 5.74) is 0. The first-order chi connectivity index (χ1) is 7.47. The van der Waals surface area contributed by atoms with E-state index in [0.717, 1.165) is 4.47 Å². The Morgan fingerprint density at radius 1 is 1.44 bits per heavy atom. The quantitative estimate of drug-likeness (QED) is 0.901. The molecule has 0 fully saturated rings. The minimum absolute atomic E-state index is 0.232. The van der Waals surface area contributed by atoms with Gasteiger partial charge in [0.25, 0.3) is 0 Å². The van der Waals surface area contributed by atoms with E-state index in [0.29, 0.717) is 12.0 Å². The zero-order valence-corrected chi connectivity index (χ0v) is 12.7. The van der Waals surface area contributed by atoms with Gasteiger partial charge in [-0.2, -0.15) is 0 Å². The van der Waals surface area contributed by atoms with Gasteiger partial charge in [-0.05, 0) is 42.0 Å². The summed E-state index contributed by atoms with van der Waals surface area (Å²) >= 11 is 5.23. The van der Waals surface area contributed by atoms with Crippen molar-refractivity contribution in [3.8, 4) is 0 Å². The first-order valence-corrected chi connectivity index (χ1v) is 7.15. The summed E-state index contributed by atoms with van der Waals surface area (Å²) in [6, 6.07) is 2.45. The van der Waals surface area contributed by atoms with E-state index in [4.69, 9.17) is 0 Å². The van der Waals surface area contributed by atoms with Gasteiger partial charge in [-0.25, -0.2) is 0 Å². The highest BCUT2D eigenvalue weighted by molar-refractivity contribution is 9.10. The van der Waals surface area contributed by atoms with Gasteiger partial charge in [-0.3, -0.25) is 0 Å². The number of rotatable bonds is 5. The maximum atomic E-state index is 9.55. The fourth-order valence-corrected chi connectivity index (χ4v) is 3.72. The molecule has 1 heterocycles. The Balaban J connectivity index is 2.98. The van der Waals surface area contributed by atoms with E-state index in [1.54, 1.807) is 11.3 Å². The molecule has 1 rings (SSSR count). The van der Waals surface area contributed by atoms with Crippen LogP contribution in [0.5, 0.6) is 0 Å². The van der Waals surface area contributed by atoms with Crippen LogP contribution >= 0.6 is 27.3 Å². The molecule has 0 aliphatic carbocycles. The van der Waals surface area contributed by atoms with Crippen LogP contribution in [0.4, 0.5) is 0 Å². The summed E-state index contributed by atoms with van der Waals surface area (Å²) in [5.74, 6) is 0.749. The third-order valence-corrected chi connectivity index (χ3v) is 4.67. The van der Waals surface area contributed by atoms with Gasteiger partial charge >= 0.3 is 0 Å². The van der Waals surface area contributed by atoms with Gasteiger partial charge in [-0.1, -0.05) is 13.8 Å². The van der Waals surface area contributed by atoms with Crippen LogP contribution in [0.2, 0.25) is 0 Å². The molecule has 0 saturated heterocycles. The van der Waals surface area contributed by atoms with Gasteiger partial charge in [0.1, 0.15) is 0 Å². The monoisotopic (exact) mass is 305 g/mol. The van der Waals surface area contributed by atoms with Crippen LogP contribution in [0, 0.1) is 11.8 Å². The molecule has 16 heavy (non-hydrogen) atoms. The molecule has 0 amide bonds. The van der Waals surface area contributed by atoms with Crippen molar-refractivity contribution in [3.05, 3.63) is 20.8 Å². The Bertz CT molecular complexity index is 325. The minimum atomic E-state index is 0.232. The molecule has 0 aliphatic rings. The number of hydrogen-bond donors (Lipinski definition) is 1. The van der Waals surface area contributed by atoms with Crippen LogP contribution in [-0.2, 0) is 0 Å². The molecule has 1 aromatic rings. The van der Waals surface area contributed by atoms with Crippen LogP contribution in [0.15, 0.2) is 15.9 Å². The molecule has 0 spiro atoms. The fraction of sp³-hybridized carbons (Fsp3) is 0.667. The number of hydrogen-bond acceptors (Lipinski definition) is 3. The zero-order valence-electron chi connectivity index (χ0n) is 10.3. The van der Waals surface area contributed by atoms with Gasteiger partial charge in [0.2, 0.25) is 0 Å². The van der Waals surface area contributed by atoms with E-state index in [2.05, 4.69) is 60.2 Å². The molecule has 0 aromatic carbocycles. The zero-order chi connectivity index (χ0) is 12.3. The van der Waals surface area contributed by atoms with Crippen LogP contribution in [-0.4, -0.2) is 30.7 Å². The second-order valence-electron chi connectivity index (χ2n) is 4.67. The lowest BCUT2D eigenvalue weighted by Crippen LogP contribution is -2.32. The maximum Gasteiger partial charge on any atom is 0.0488 e. The smallest absolute Gasteiger partial charge is 0.0488 e. The molecule has 92 valence electrons. The summed E-state index contributed by atoms with van der Waals surface area (Å²) in [5, 5.41) is 11.6. The number of nitrogens with zero attached hydrogens (tertiary/aromatic N) is 1.